The van der Waals surface area contributed by atoms with E-state index in [1.807, 2.05) is 0 Å². The molecular formula is C18H26N2O5. The van der Waals surface area contributed by atoms with Gasteiger partial charge in [-0.3, -0.25) is 0 Å². The van der Waals surface area contributed by atoms with Gasteiger partial charge in [0.2, 0.25) is 0 Å². The summed E-state index contributed by atoms with van der Waals surface area (Å²) < 4.78 is 15.5. The van der Waals surface area contributed by atoms with Gasteiger partial charge < -0.3 is 24.8 Å². The quantitative estimate of drug-likeness (QED) is 0.769. The molecule has 2 rings (SSSR count). The number of ether oxygens (including phenoxy) is 3. The Morgan fingerprint density at radius 2 is 1.72 bits per heavy atom. The third-order valence-electron chi connectivity index (χ3n) is 4.21. The maximum atomic E-state index is 12.3. The van der Waals surface area contributed by atoms with Crippen molar-refractivity contribution in [1.29, 1.82) is 0 Å². The van der Waals surface area contributed by atoms with Crippen molar-refractivity contribution in [3.8, 4) is 11.5 Å². The third-order valence-corrected chi connectivity index (χ3v) is 4.21. The second-order valence-corrected chi connectivity index (χ2v) is 5.91. The van der Waals surface area contributed by atoms with Crippen LogP contribution in [-0.2, 0) is 4.74 Å². The maximum Gasteiger partial charge on any atom is 0.340 e. The first kappa shape index (κ1) is 18.9. The van der Waals surface area contributed by atoms with Crippen LogP contribution in [0.1, 0.15) is 49.4 Å². The highest BCUT2D eigenvalue weighted by Crippen LogP contribution is 2.33. The Hall–Kier alpha value is -2.44. The lowest BCUT2D eigenvalue weighted by molar-refractivity contribution is 0.0527. The number of methoxy groups -OCH3 is 2. The van der Waals surface area contributed by atoms with Crippen molar-refractivity contribution in [3.05, 3.63) is 17.7 Å². The number of carbonyl (C=O) groups excluding carboxylic acids is 2. The number of nitrogens with one attached hydrogen (secondary N) is 2. The first-order valence-electron chi connectivity index (χ1n) is 8.59. The minimum Gasteiger partial charge on any atom is -0.493 e. The predicted molar refractivity (Wildman–Crippen MR) is 94.5 cm³/mol. The van der Waals surface area contributed by atoms with Gasteiger partial charge in [-0.2, -0.15) is 0 Å². The van der Waals surface area contributed by atoms with Crippen molar-refractivity contribution in [2.75, 3.05) is 26.1 Å². The van der Waals surface area contributed by atoms with Gasteiger partial charge in [0.15, 0.2) is 11.5 Å². The number of anilines is 1. The highest BCUT2D eigenvalue weighted by Gasteiger charge is 2.21. The SMILES string of the molecule is CCOC(=O)c1cc(OC)c(OC)cc1NC(=O)NC1CCCCC1. The molecule has 138 valence electrons. The van der Waals surface area contributed by atoms with Crippen molar-refractivity contribution in [2.24, 2.45) is 0 Å². The summed E-state index contributed by atoms with van der Waals surface area (Å²) in [7, 11) is 2.98. The lowest BCUT2D eigenvalue weighted by Gasteiger charge is -2.23. The summed E-state index contributed by atoms with van der Waals surface area (Å²) in [5, 5.41) is 5.69. The summed E-state index contributed by atoms with van der Waals surface area (Å²) in [5.41, 5.74) is 0.544. The lowest BCUT2D eigenvalue weighted by Crippen LogP contribution is -2.39. The van der Waals surface area contributed by atoms with Crippen LogP contribution in [0.4, 0.5) is 10.5 Å². The van der Waals surface area contributed by atoms with Crippen LogP contribution in [0, 0.1) is 0 Å². The van der Waals surface area contributed by atoms with Gasteiger partial charge >= 0.3 is 12.0 Å². The number of benzene rings is 1. The minimum absolute atomic E-state index is 0.167. The molecule has 0 bridgehead atoms. The molecule has 1 aliphatic carbocycles. The fourth-order valence-electron chi connectivity index (χ4n) is 2.95. The minimum atomic E-state index is -0.531. The summed E-state index contributed by atoms with van der Waals surface area (Å²) in [6.07, 6.45) is 5.40. The lowest BCUT2D eigenvalue weighted by atomic mass is 9.96. The fraction of sp³-hybridized carbons (Fsp3) is 0.556. The molecule has 7 nitrogen and oxygen atoms in total. The van der Waals surface area contributed by atoms with Gasteiger partial charge in [0.05, 0.1) is 32.1 Å². The second kappa shape index (κ2) is 9.15. The summed E-state index contributed by atoms with van der Waals surface area (Å²) in [5.74, 6) is 0.281. The second-order valence-electron chi connectivity index (χ2n) is 5.91. The Morgan fingerprint density at radius 3 is 2.32 bits per heavy atom. The molecule has 0 aliphatic heterocycles. The smallest absolute Gasteiger partial charge is 0.340 e. The molecule has 1 aromatic carbocycles. The number of urea groups is 1. The van der Waals surface area contributed by atoms with Crippen LogP contribution in [0.2, 0.25) is 0 Å². The highest BCUT2D eigenvalue weighted by atomic mass is 16.5. The number of rotatable bonds is 6. The van der Waals surface area contributed by atoms with Gasteiger partial charge in [0.25, 0.3) is 0 Å². The zero-order chi connectivity index (χ0) is 18.2. The van der Waals surface area contributed by atoms with Gasteiger partial charge in [-0.05, 0) is 19.8 Å². The van der Waals surface area contributed by atoms with Crippen molar-refractivity contribution < 1.29 is 23.8 Å². The summed E-state index contributed by atoms with van der Waals surface area (Å²) in [6.45, 7) is 1.96. The number of hydrogen-bond donors (Lipinski definition) is 2. The van der Waals surface area contributed by atoms with E-state index in [0.29, 0.717) is 17.2 Å². The summed E-state index contributed by atoms with van der Waals surface area (Å²) >= 11 is 0. The fourth-order valence-corrected chi connectivity index (χ4v) is 2.95. The van der Waals surface area contributed by atoms with Crippen LogP contribution in [0.25, 0.3) is 0 Å². The van der Waals surface area contributed by atoms with Crippen LogP contribution in [-0.4, -0.2) is 38.9 Å². The largest absolute Gasteiger partial charge is 0.493 e. The van der Waals surface area contributed by atoms with Gasteiger partial charge in [-0.25, -0.2) is 9.59 Å². The molecule has 25 heavy (non-hydrogen) atoms. The molecule has 0 atom stereocenters. The van der Waals surface area contributed by atoms with Crippen LogP contribution in [0.15, 0.2) is 12.1 Å². The average molecular weight is 350 g/mol. The van der Waals surface area contributed by atoms with Gasteiger partial charge in [0, 0.05) is 18.2 Å². The molecular weight excluding hydrogens is 324 g/mol. The van der Waals surface area contributed by atoms with Crippen molar-refractivity contribution in [3.63, 3.8) is 0 Å². The Labute approximate surface area is 148 Å². The summed E-state index contributed by atoms with van der Waals surface area (Å²) in [6, 6.07) is 2.89. The molecule has 7 heteroatoms. The Balaban J connectivity index is 2.20. The van der Waals surface area contributed by atoms with Crippen LogP contribution >= 0.6 is 0 Å². The van der Waals surface area contributed by atoms with Gasteiger partial charge in [-0.1, -0.05) is 19.3 Å². The molecule has 2 N–H and O–H groups in total. The molecule has 0 heterocycles. The van der Waals surface area contributed by atoms with E-state index in [9.17, 15) is 9.59 Å². The number of amides is 2. The number of esters is 1. The van der Waals surface area contributed by atoms with Crippen molar-refractivity contribution in [2.45, 2.75) is 45.1 Å². The monoisotopic (exact) mass is 350 g/mol. The molecule has 0 saturated heterocycles. The molecule has 0 aromatic heterocycles. The number of hydrogen-bond acceptors (Lipinski definition) is 5. The predicted octanol–water partition coefficient (Wildman–Crippen LogP) is 3.33. The third kappa shape index (κ3) is 5.01. The zero-order valence-corrected chi connectivity index (χ0v) is 15.0. The molecule has 1 saturated carbocycles. The Morgan fingerprint density at radius 1 is 1.08 bits per heavy atom. The van der Waals surface area contributed by atoms with Gasteiger partial charge in [-0.15, -0.1) is 0 Å². The molecule has 2 amide bonds. The zero-order valence-electron chi connectivity index (χ0n) is 15.0. The Bertz CT molecular complexity index is 612. The van der Waals surface area contributed by atoms with E-state index in [1.165, 1.54) is 26.7 Å². The molecule has 0 spiro atoms. The van der Waals surface area contributed by atoms with E-state index >= 15 is 0 Å². The van der Waals surface area contributed by atoms with Crippen molar-refractivity contribution in [1.82, 2.24) is 5.32 Å². The van der Waals surface area contributed by atoms with E-state index in [2.05, 4.69) is 10.6 Å². The van der Waals surface area contributed by atoms with Crippen molar-refractivity contribution >= 4 is 17.7 Å². The van der Waals surface area contributed by atoms with E-state index in [4.69, 9.17) is 14.2 Å². The average Bonchev–Trinajstić information content (AvgIpc) is 2.62. The van der Waals surface area contributed by atoms with E-state index in [0.717, 1.165) is 25.7 Å². The molecule has 0 unspecified atom stereocenters. The Kier molecular flexibility index (Phi) is 6.91. The molecule has 0 radical (unpaired) electrons. The number of carbonyl (C=O) groups is 2. The normalized spacial score (nSPS) is 14.5. The molecule has 1 aromatic rings. The topological polar surface area (TPSA) is 85.9 Å². The molecule has 1 fully saturated rings. The first-order valence-corrected chi connectivity index (χ1v) is 8.59. The first-order chi connectivity index (χ1) is 12.1. The summed E-state index contributed by atoms with van der Waals surface area (Å²) in [4.78, 5) is 24.5. The van der Waals surface area contributed by atoms with E-state index in [-0.39, 0.29) is 24.2 Å². The highest BCUT2D eigenvalue weighted by molar-refractivity contribution is 6.01. The van der Waals surface area contributed by atoms with Crippen LogP contribution in [0.3, 0.4) is 0 Å². The molecule has 1 aliphatic rings. The van der Waals surface area contributed by atoms with E-state index < -0.39 is 5.97 Å². The van der Waals surface area contributed by atoms with E-state index in [1.54, 1.807) is 13.0 Å². The van der Waals surface area contributed by atoms with Crippen LogP contribution < -0.4 is 20.1 Å². The standard InChI is InChI=1S/C18H26N2O5/c1-4-25-17(21)13-10-15(23-2)16(24-3)11-14(13)20-18(22)19-12-8-6-5-7-9-12/h10-12H,4-9H2,1-3H3,(H2,19,20,22). The van der Waals surface area contributed by atoms with Gasteiger partial charge in [0.1, 0.15) is 0 Å². The van der Waals surface area contributed by atoms with Crippen LogP contribution in [0.5, 0.6) is 11.5 Å². The maximum absolute atomic E-state index is 12.3.